The Morgan fingerprint density at radius 1 is 1.00 bits per heavy atom. The number of hydrogen-bond donors (Lipinski definition) is 3. The molecule has 3 N–H and O–H groups in total. The molecule has 0 aromatic heterocycles. The van der Waals surface area contributed by atoms with Crippen LogP contribution in [0, 0.1) is 7.14 Å². The lowest BCUT2D eigenvalue weighted by Crippen LogP contribution is -2.34. The van der Waals surface area contributed by atoms with Gasteiger partial charge in [-0.3, -0.25) is 10.1 Å². The second kappa shape index (κ2) is 10.9. The van der Waals surface area contributed by atoms with E-state index in [0.717, 1.165) is 14.9 Å². The zero-order valence-electron chi connectivity index (χ0n) is 15.9. The minimum atomic E-state index is -1.08. The molecule has 0 saturated heterocycles. The van der Waals surface area contributed by atoms with Gasteiger partial charge in [0.05, 0.1) is 11.3 Å². The van der Waals surface area contributed by atoms with E-state index in [0.29, 0.717) is 21.4 Å². The van der Waals surface area contributed by atoms with Crippen molar-refractivity contribution in [2.75, 3.05) is 5.32 Å². The van der Waals surface area contributed by atoms with E-state index in [9.17, 15) is 14.7 Å². The maximum atomic E-state index is 12.6. The Morgan fingerprint density at radius 2 is 1.74 bits per heavy atom. The summed E-state index contributed by atoms with van der Waals surface area (Å²) < 4.78 is 7.18. The van der Waals surface area contributed by atoms with Gasteiger partial charge in [-0.25, -0.2) is 4.79 Å². The molecule has 3 aromatic rings. The summed E-state index contributed by atoms with van der Waals surface area (Å²) in [5.41, 5.74) is 1.65. The van der Waals surface area contributed by atoms with Gasteiger partial charge in [0.15, 0.2) is 5.11 Å². The van der Waals surface area contributed by atoms with Crippen LogP contribution in [0.2, 0.25) is 0 Å². The molecule has 0 saturated carbocycles. The molecule has 1 amide bonds. The van der Waals surface area contributed by atoms with Crippen LogP contribution in [0.15, 0.2) is 66.7 Å². The molecule has 31 heavy (non-hydrogen) atoms. The summed E-state index contributed by atoms with van der Waals surface area (Å²) in [6.07, 6.45) is 0. The third-order valence-corrected chi connectivity index (χ3v) is 5.77. The van der Waals surface area contributed by atoms with Crippen LogP contribution in [0.4, 0.5) is 5.69 Å². The normalized spacial score (nSPS) is 10.3. The third kappa shape index (κ3) is 6.61. The van der Waals surface area contributed by atoms with Crippen LogP contribution >= 0.6 is 57.4 Å². The summed E-state index contributed by atoms with van der Waals surface area (Å²) in [5, 5.41) is 14.9. The van der Waals surface area contributed by atoms with Crippen LogP contribution in [0.3, 0.4) is 0 Å². The number of para-hydroxylation sites is 1. The van der Waals surface area contributed by atoms with Gasteiger partial charge >= 0.3 is 5.97 Å². The molecule has 0 spiro atoms. The zero-order valence-corrected chi connectivity index (χ0v) is 21.0. The first-order valence-electron chi connectivity index (χ1n) is 8.95. The monoisotopic (exact) mass is 658 g/mol. The van der Waals surface area contributed by atoms with Gasteiger partial charge in [-0.15, -0.1) is 0 Å². The first-order chi connectivity index (χ1) is 14.8. The molecular weight excluding hydrogens is 642 g/mol. The summed E-state index contributed by atoms with van der Waals surface area (Å²) in [5.74, 6) is -0.750. The van der Waals surface area contributed by atoms with Crippen molar-refractivity contribution in [1.82, 2.24) is 5.32 Å². The Kier molecular flexibility index (Phi) is 8.21. The predicted molar refractivity (Wildman–Crippen MR) is 140 cm³/mol. The van der Waals surface area contributed by atoms with Crippen LogP contribution in [-0.4, -0.2) is 22.1 Å². The van der Waals surface area contributed by atoms with E-state index in [4.69, 9.17) is 17.0 Å². The van der Waals surface area contributed by atoms with E-state index in [1.54, 1.807) is 18.2 Å². The molecule has 6 nitrogen and oxygen atoms in total. The van der Waals surface area contributed by atoms with Gasteiger partial charge in [-0.1, -0.05) is 30.3 Å². The molecule has 0 fully saturated rings. The number of aromatic carboxylic acids is 1. The second-order valence-electron chi connectivity index (χ2n) is 6.33. The van der Waals surface area contributed by atoms with Gasteiger partial charge < -0.3 is 15.2 Å². The van der Waals surface area contributed by atoms with E-state index >= 15 is 0 Å². The highest BCUT2D eigenvalue weighted by Gasteiger charge is 2.17. The van der Waals surface area contributed by atoms with Crippen LogP contribution in [0.5, 0.6) is 5.75 Å². The number of anilines is 1. The minimum Gasteiger partial charge on any atom is -0.489 e. The molecule has 158 valence electrons. The van der Waals surface area contributed by atoms with E-state index in [1.807, 2.05) is 87.6 Å². The largest absolute Gasteiger partial charge is 0.489 e. The van der Waals surface area contributed by atoms with Gasteiger partial charge in [0, 0.05) is 12.7 Å². The van der Waals surface area contributed by atoms with Crippen molar-refractivity contribution < 1.29 is 19.4 Å². The lowest BCUT2D eigenvalue weighted by molar-refractivity contribution is 0.0697. The maximum absolute atomic E-state index is 12.6. The number of amides is 1. The minimum absolute atomic E-state index is 0.0116. The topological polar surface area (TPSA) is 87.7 Å². The second-order valence-corrected chi connectivity index (χ2v) is 9.14. The standard InChI is InChI=1S/C22H16I2N2O4S/c23-15-10-17(21(28)29)19(18(24)11-15)25-22(31)26-20(27)14-6-4-5-13(9-14)12-30-16-7-2-1-3-8-16/h1-11H,12H2,(H,28,29)(H2,25,26,27,31). The summed E-state index contributed by atoms with van der Waals surface area (Å²) in [6, 6.07) is 19.8. The quantitative estimate of drug-likeness (QED) is 0.247. The summed E-state index contributed by atoms with van der Waals surface area (Å²) in [7, 11) is 0. The number of carbonyl (C=O) groups excluding carboxylic acids is 1. The van der Waals surface area contributed by atoms with Crippen LogP contribution in [0.1, 0.15) is 26.3 Å². The highest BCUT2D eigenvalue weighted by atomic mass is 127. The van der Waals surface area contributed by atoms with Crippen LogP contribution in [0.25, 0.3) is 0 Å². The van der Waals surface area contributed by atoms with Crippen molar-refractivity contribution in [2.24, 2.45) is 0 Å². The molecule has 0 heterocycles. The number of carboxylic acid groups (broad SMARTS) is 1. The molecular formula is C22H16I2N2O4S. The Bertz CT molecular complexity index is 1140. The number of carbonyl (C=O) groups is 2. The number of rotatable bonds is 6. The summed E-state index contributed by atoms with van der Waals surface area (Å²) in [4.78, 5) is 24.2. The molecule has 3 aromatic carbocycles. The Balaban J connectivity index is 1.67. The number of benzene rings is 3. The maximum Gasteiger partial charge on any atom is 0.337 e. The highest BCUT2D eigenvalue weighted by molar-refractivity contribution is 14.1. The Morgan fingerprint density at radius 3 is 2.45 bits per heavy atom. The van der Waals surface area contributed by atoms with Crippen molar-refractivity contribution in [2.45, 2.75) is 6.61 Å². The van der Waals surface area contributed by atoms with E-state index in [1.165, 1.54) is 6.07 Å². The van der Waals surface area contributed by atoms with Gasteiger partial charge in [-0.2, -0.15) is 0 Å². The van der Waals surface area contributed by atoms with Gasteiger partial charge in [0.1, 0.15) is 12.4 Å². The van der Waals surface area contributed by atoms with Gasteiger partial charge in [0.2, 0.25) is 0 Å². The Labute approximate surface area is 211 Å². The van der Waals surface area contributed by atoms with Crippen molar-refractivity contribution in [3.05, 3.63) is 90.6 Å². The number of halogens is 2. The lowest BCUT2D eigenvalue weighted by atomic mass is 10.1. The Hall–Kier alpha value is -2.25. The van der Waals surface area contributed by atoms with Crippen molar-refractivity contribution >= 4 is 80.1 Å². The average Bonchev–Trinajstić information content (AvgIpc) is 2.74. The number of ether oxygens (including phenoxy) is 1. The summed E-state index contributed by atoms with van der Waals surface area (Å²) >= 11 is 9.30. The van der Waals surface area contributed by atoms with E-state index in [2.05, 4.69) is 10.6 Å². The predicted octanol–water partition coefficient (Wildman–Crippen LogP) is 5.30. The molecule has 0 bridgehead atoms. The number of carboxylic acids is 1. The molecule has 0 aliphatic heterocycles. The number of nitrogens with one attached hydrogen (secondary N) is 2. The molecule has 9 heteroatoms. The molecule has 0 aliphatic carbocycles. The third-order valence-electron chi connectivity index (χ3n) is 4.09. The molecule has 0 unspecified atom stereocenters. The first kappa shape index (κ1) is 23.4. The summed E-state index contributed by atoms with van der Waals surface area (Å²) in [6.45, 7) is 0.316. The smallest absolute Gasteiger partial charge is 0.337 e. The van der Waals surface area contributed by atoms with Gasteiger partial charge in [-0.05, 0) is 99.4 Å². The fraction of sp³-hybridized carbons (Fsp3) is 0.0455. The van der Waals surface area contributed by atoms with Crippen molar-refractivity contribution in [3.63, 3.8) is 0 Å². The highest BCUT2D eigenvalue weighted by Crippen LogP contribution is 2.26. The fourth-order valence-electron chi connectivity index (χ4n) is 2.68. The van der Waals surface area contributed by atoms with Crippen LogP contribution < -0.4 is 15.4 Å². The van der Waals surface area contributed by atoms with E-state index in [-0.39, 0.29) is 10.7 Å². The molecule has 3 rings (SSSR count). The zero-order chi connectivity index (χ0) is 22.4. The van der Waals surface area contributed by atoms with Crippen molar-refractivity contribution in [1.29, 1.82) is 0 Å². The molecule has 0 radical (unpaired) electrons. The average molecular weight is 658 g/mol. The molecule has 0 aliphatic rings. The lowest BCUT2D eigenvalue weighted by Gasteiger charge is -2.14. The van der Waals surface area contributed by atoms with Gasteiger partial charge in [0.25, 0.3) is 5.91 Å². The SMILES string of the molecule is O=C(NC(=S)Nc1c(I)cc(I)cc1C(=O)O)c1cccc(COc2ccccc2)c1. The fourth-order valence-corrected chi connectivity index (χ4v) is 4.85. The number of thiocarbonyl (C=S) groups is 1. The first-order valence-corrected chi connectivity index (χ1v) is 11.5. The van der Waals surface area contributed by atoms with Crippen LogP contribution in [-0.2, 0) is 6.61 Å². The number of hydrogen-bond acceptors (Lipinski definition) is 4. The van der Waals surface area contributed by atoms with Crippen molar-refractivity contribution in [3.8, 4) is 5.75 Å². The van der Waals surface area contributed by atoms with E-state index < -0.39 is 11.9 Å². The molecule has 0 atom stereocenters.